The van der Waals surface area contributed by atoms with Crippen LogP contribution in [0.5, 0.6) is 0 Å². The Balaban J connectivity index is 2.66. The first-order valence-corrected chi connectivity index (χ1v) is 8.29. The van der Waals surface area contributed by atoms with Crippen molar-refractivity contribution in [2.75, 3.05) is 5.75 Å². The SMILES string of the molecule is CCC(CC(N)=S)NC(=O)C1CCCCS1(=O)=O. The molecule has 0 aromatic rings. The second-order valence-electron chi connectivity index (χ2n) is 4.64. The van der Waals surface area contributed by atoms with E-state index < -0.39 is 21.0 Å². The predicted octanol–water partition coefficient (Wildman–Crippen LogP) is 0.525. The first-order chi connectivity index (χ1) is 8.36. The molecule has 0 spiro atoms. The summed E-state index contributed by atoms with van der Waals surface area (Å²) in [5.74, 6) is -0.297. The van der Waals surface area contributed by atoms with Crippen LogP contribution in [0.3, 0.4) is 0 Å². The van der Waals surface area contributed by atoms with E-state index in [-0.39, 0.29) is 11.8 Å². The highest BCUT2D eigenvalue weighted by Gasteiger charge is 2.35. The normalized spacial score (nSPS) is 24.2. The number of hydrogen-bond acceptors (Lipinski definition) is 4. The van der Waals surface area contributed by atoms with Crippen LogP contribution in [0.1, 0.15) is 39.0 Å². The van der Waals surface area contributed by atoms with Crippen LogP contribution >= 0.6 is 12.2 Å². The van der Waals surface area contributed by atoms with Crippen LogP contribution in [0.2, 0.25) is 0 Å². The molecule has 1 heterocycles. The lowest BCUT2D eigenvalue weighted by molar-refractivity contribution is -0.121. The van der Waals surface area contributed by atoms with E-state index in [2.05, 4.69) is 5.32 Å². The number of carbonyl (C=O) groups is 1. The van der Waals surface area contributed by atoms with Crippen molar-refractivity contribution in [3.8, 4) is 0 Å². The van der Waals surface area contributed by atoms with E-state index in [9.17, 15) is 13.2 Å². The van der Waals surface area contributed by atoms with Gasteiger partial charge in [0.05, 0.1) is 10.7 Å². The molecule has 1 fully saturated rings. The Morgan fingerprint density at radius 1 is 1.50 bits per heavy atom. The summed E-state index contributed by atoms with van der Waals surface area (Å²) in [5.41, 5.74) is 5.44. The minimum Gasteiger partial charge on any atom is -0.393 e. The van der Waals surface area contributed by atoms with Gasteiger partial charge in [0.2, 0.25) is 5.91 Å². The topological polar surface area (TPSA) is 89.3 Å². The van der Waals surface area contributed by atoms with Gasteiger partial charge in [0.15, 0.2) is 9.84 Å². The van der Waals surface area contributed by atoms with Crippen LogP contribution in [0, 0.1) is 0 Å². The van der Waals surface area contributed by atoms with E-state index in [4.69, 9.17) is 18.0 Å². The van der Waals surface area contributed by atoms with Crippen LogP contribution in [-0.4, -0.2) is 36.4 Å². The molecule has 1 amide bonds. The number of sulfone groups is 1. The number of carbonyl (C=O) groups excluding carboxylic acids is 1. The Kier molecular flexibility index (Phi) is 5.52. The van der Waals surface area contributed by atoms with Gasteiger partial charge in [-0.2, -0.15) is 0 Å². The third-order valence-electron chi connectivity index (χ3n) is 3.16. The molecular weight excluding hydrogens is 272 g/mol. The predicted molar refractivity (Wildman–Crippen MR) is 75.0 cm³/mol. The molecule has 18 heavy (non-hydrogen) atoms. The largest absolute Gasteiger partial charge is 0.393 e. The van der Waals surface area contributed by atoms with Gasteiger partial charge in [0.1, 0.15) is 5.25 Å². The molecule has 0 aromatic carbocycles. The number of hydrogen-bond donors (Lipinski definition) is 2. The summed E-state index contributed by atoms with van der Waals surface area (Å²) in [6.07, 6.45) is 2.93. The molecule has 1 rings (SSSR count). The van der Waals surface area contributed by atoms with Crippen molar-refractivity contribution in [3.05, 3.63) is 0 Å². The standard InChI is InChI=1S/C11H20N2O3S2/c1-2-8(7-10(12)17)13-11(14)9-5-3-4-6-18(9,15)16/h8-9H,2-7H2,1H3,(H2,12,17)(H,13,14). The average molecular weight is 292 g/mol. The lowest BCUT2D eigenvalue weighted by atomic mass is 10.1. The number of thiocarbonyl (C=S) groups is 1. The van der Waals surface area contributed by atoms with Gasteiger partial charge < -0.3 is 11.1 Å². The van der Waals surface area contributed by atoms with Gasteiger partial charge in [0, 0.05) is 12.5 Å². The van der Waals surface area contributed by atoms with Crippen LogP contribution in [-0.2, 0) is 14.6 Å². The summed E-state index contributed by atoms with van der Waals surface area (Å²) in [4.78, 5) is 12.3. The highest BCUT2D eigenvalue weighted by atomic mass is 32.2. The minimum absolute atomic E-state index is 0.108. The van der Waals surface area contributed by atoms with Crippen molar-refractivity contribution in [2.24, 2.45) is 5.73 Å². The maximum atomic E-state index is 12.0. The van der Waals surface area contributed by atoms with Gasteiger partial charge >= 0.3 is 0 Å². The Bertz CT molecular complexity index is 420. The first kappa shape index (κ1) is 15.4. The van der Waals surface area contributed by atoms with E-state index in [1.165, 1.54) is 0 Å². The maximum Gasteiger partial charge on any atom is 0.238 e. The fraction of sp³-hybridized carbons (Fsp3) is 0.818. The summed E-state index contributed by atoms with van der Waals surface area (Å²) in [5, 5.41) is 1.84. The summed E-state index contributed by atoms with van der Waals surface area (Å²) in [7, 11) is -3.28. The second-order valence-corrected chi connectivity index (χ2v) is 7.46. The van der Waals surface area contributed by atoms with Gasteiger partial charge in [-0.3, -0.25) is 4.79 Å². The Morgan fingerprint density at radius 3 is 2.67 bits per heavy atom. The number of nitrogens with two attached hydrogens (primary N) is 1. The van der Waals surface area contributed by atoms with Crippen molar-refractivity contribution in [1.29, 1.82) is 0 Å². The highest BCUT2D eigenvalue weighted by molar-refractivity contribution is 7.92. The molecule has 0 saturated carbocycles. The van der Waals surface area contributed by atoms with Gasteiger partial charge in [0.25, 0.3) is 0 Å². The van der Waals surface area contributed by atoms with Crippen molar-refractivity contribution >= 4 is 33.0 Å². The fourth-order valence-electron chi connectivity index (χ4n) is 2.08. The van der Waals surface area contributed by atoms with Crippen molar-refractivity contribution in [1.82, 2.24) is 5.32 Å². The molecule has 0 radical (unpaired) electrons. The molecule has 0 aromatic heterocycles. The van der Waals surface area contributed by atoms with E-state index >= 15 is 0 Å². The van der Waals surface area contributed by atoms with Crippen molar-refractivity contribution < 1.29 is 13.2 Å². The Labute approximate surface area is 113 Å². The summed E-state index contributed by atoms with van der Waals surface area (Å²) in [6.45, 7) is 1.90. The van der Waals surface area contributed by atoms with Crippen LogP contribution in [0.15, 0.2) is 0 Å². The number of nitrogens with one attached hydrogen (secondary N) is 1. The monoisotopic (exact) mass is 292 g/mol. The molecule has 5 nitrogen and oxygen atoms in total. The molecular formula is C11H20N2O3S2. The molecule has 0 aliphatic carbocycles. The molecule has 7 heteroatoms. The van der Waals surface area contributed by atoms with E-state index in [1.54, 1.807) is 0 Å². The summed E-state index contributed by atoms with van der Waals surface area (Å²) < 4.78 is 23.6. The smallest absolute Gasteiger partial charge is 0.238 e. The van der Waals surface area contributed by atoms with Gasteiger partial charge in [-0.25, -0.2) is 8.42 Å². The molecule has 0 bridgehead atoms. The summed E-state index contributed by atoms with van der Waals surface area (Å²) >= 11 is 4.80. The fourth-order valence-corrected chi connectivity index (χ4v) is 4.10. The van der Waals surface area contributed by atoms with E-state index in [0.29, 0.717) is 30.7 Å². The molecule has 3 N–H and O–H groups in total. The summed E-state index contributed by atoms with van der Waals surface area (Å²) in [6, 6.07) is -0.174. The Hall–Kier alpha value is -0.690. The zero-order valence-corrected chi connectivity index (χ0v) is 12.1. The maximum absolute atomic E-state index is 12.0. The lowest BCUT2D eigenvalue weighted by Crippen LogP contribution is -2.47. The van der Waals surface area contributed by atoms with Gasteiger partial charge in [-0.1, -0.05) is 25.6 Å². The third-order valence-corrected chi connectivity index (χ3v) is 5.50. The molecule has 1 aliphatic heterocycles. The first-order valence-electron chi connectivity index (χ1n) is 6.17. The quantitative estimate of drug-likeness (QED) is 0.721. The second kappa shape index (κ2) is 6.47. The highest BCUT2D eigenvalue weighted by Crippen LogP contribution is 2.20. The average Bonchev–Trinajstić information content (AvgIpc) is 2.26. The van der Waals surface area contributed by atoms with Gasteiger partial charge in [-0.15, -0.1) is 0 Å². The zero-order valence-electron chi connectivity index (χ0n) is 10.5. The van der Waals surface area contributed by atoms with Crippen LogP contribution in [0.4, 0.5) is 0 Å². The van der Waals surface area contributed by atoms with Gasteiger partial charge in [-0.05, 0) is 19.3 Å². The van der Waals surface area contributed by atoms with E-state index in [0.717, 1.165) is 6.42 Å². The van der Waals surface area contributed by atoms with Crippen LogP contribution in [0.25, 0.3) is 0 Å². The molecule has 104 valence electrons. The molecule has 2 atom stereocenters. The van der Waals surface area contributed by atoms with Crippen molar-refractivity contribution in [2.45, 2.75) is 50.3 Å². The zero-order chi connectivity index (χ0) is 13.8. The minimum atomic E-state index is -3.28. The Morgan fingerprint density at radius 2 is 2.17 bits per heavy atom. The third kappa shape index (κ3) is 4.20. The molecule has 1 saturated heterocycles. The van der Waals surface area contributed by atoms with Crippen LogP contribution < -0.4 is 11.1 Å². The number of amides is 1. The number of rotatable bonds is 5. The molecule has 2 unspecified atom stereocenters. The van der Waals surface area contributed by atoms with Crippen molar-refractivity contribution in [3.63, 3.8) is 0 Å². The molecule has 1 aliphatic rings. The lowest BCUT2D eigenvalue weighted by Gasteiger charge is -2.24. The van der Waals surface area contributed by atoms with E-state index in [1.807, 2.05) is 6.92 Å².